The van der Waals surface area contributed by atoms with E-state index >= 15 is 0 Å². The van der Waals surface area contributed by atoms with Gasteiger partial charge in [-0.15, -0.1) is 0 Å². The van der Waals surface area contributed by atoms with Gasteiger partial charge in [0.2, 0.25) is 0 Å². The summed E-state index contributed by atoms with van der Waals surface area (Å²) in [5.41, 5.74) is 5.96. The van der Waals surface area contributed by atoms with Crippen molar-refractivity contribution in [3.63, 3.8) is 0 Å². The molecule has 26 heavy (non-hydrogen) atoms. The Bertz CT molecular complexity index is 443. The van der Waals surface area contributed by atoms with Gasteiger partial charge in [-0.3, -0.25) is 0 Å². The van der Waals surface area contributed by atoms with Gasteiger partial charge in [0.1, 0.15) is 0 Å². The third-order valence-electron chi connectivity index (χ3n) is 5.65. The summed E-state index contributed by atoms with van der Waals surface area (Å²) in [6.45, 7) is 9.16. The predicted octanol–water partition coefficient (Wildman–Crippen LogP) is 9.63. The van der Waals surface area contributed by atoms with E-state index in [1.807, 2.05) is 0 Å². The Balaban J connectivity index is 2.61. The Morgan fingerprint density at radius 3 is 1.15 bits per heavy atom. The normalized spacial score (nSPS) is 11.3. The van der Waals surface area contributed by atoms with E-state index in [2.05, 4.69) is 59.6 Å². The van der Waals surface area contributed by atoms with Gasteiger partial charge in [-0.05, 0) is 61.8 Å². The Kier molecular flexibility index (Phi) is 13.2. The van der Waals surface area contributed by atoms with Crippen LogP contribution in [0.3, 0.4) is 0 Å². The number of benzene rings is 1. The second kappa shape index (κ2) is 14.2. The second-order valence-electron chi connectivity index (χ2n) is 7.87. The van der Waals surface area contributed by atoms with Gasteiger partial charge in [-0.25, -0.2) is 0 Å². The molecule has 0 saturated carbocycles. The summed E-state index contributed by atoms with van der Waals surface area (Å²) < 4.78 is 2.74. The zero-order valence-electron chi connectivity index (χ0n) is 17.7. The minimum Gasteiger partial charge on any atom is -0.0654 e. The molecule has 0 spiro atoms. The molecule has 0 saturated heterocycles. The summed E-state index contributed by atoms with van der Waals surface area (Å²) in [5, 5.41) is 0. The standard InChI is InChI=1S/C24H40Br2/c1-5-7-9-11-13-15-17-21-19(3)24(26)22(20(4)23(21)25)18-16-14-12-10-8-6-2/h5-18H2,1-4H3. The number of hydrogen-bond acceptors (Lipinski definition) is 0. The molecular formula is C24H40Br2. The maximum atomic E-state index is 3.93. The Labute approximate surface area is 180 Å². The molecule has 0 nitrogen and oxygen atoms in total. The summed E-state index contributed by atoms with van der Waals surface area (Å²) in [6, 6.07) is 0. The minimum absolute atomic E-state index is 1.20. The van der Waals surface area contributed by atoms with Gasteiger partial charge in [-0.1, -0.05) is 110 Å². The average Bonchev–Trinajstić information content (AvgIpc) is 2.64. The molecule has 2 heteroatoms. The predicted molar refractivity (Wildman–Crippen MR) is 125 cm³/mol. The molecule has 0 fully saturated rings. The van der Waals surface area contributed by atoms with Crippen LogP contribution >= 0.6 is 31.9 Å². The number of halogens is 2. The van der Waals surface area contributed by atoms with Crippen molar-refractivity contribution in [1.29, 1.82) is 0 Å². The van der Waals surface area contributed by atoms with Crippen molar-refractivity contribution >= 4 is 31.9 Å². The quantitative estimate of drug-likeness (QED) is 0.229. The van der Waals surface area contributed by atoms with Crippen LogP contribution in [0.4, 0.5) is 0 Å². The third-order valence-corrected chi connectivity index (χ3v) is 7.80. The lowest BCUT2D eigenvalue weighted by molar-refractivity contribution is 0.604. The van der Waals surface area contributed by atoms with Crippen LogP contribution < -0.4 is 0 Å². The highest BCUT2D eigenvalue weighted by Crippen LogP contribution is 2.36. The zero-order valence-corrected chi connectivity index (χ0v) is 20.8. The molecule has 0 radical (unpaired) electrons. The maximum Gasteiger partial charge on any atom is 0.0242 e. The molecule has 1 aromatic rings. The van der Waals surface area contributed by atoms with Crippen molar-refractivity contribution in [2.75, 3.05) is 0 Å². The first kappa shape index (κ1) is 24.2. The molecule has 0 bridgehead atoms. The first-order valence-corrected chi connectivity index (χ1v) is 12.6. The molecule has 150 valence electrons. The van der Waals surface area contributed by atoms with Crippen LogP contribution in [0.1, 0.15) is 113 Å². The lowest BCUT2D eigenvalue weighted by Crippen LogP contribution is -2.02. The van der Waals surface area contributed by atoms with Crippen LogP contribution in [0.25, 0.3) is 0 Å². The fraction of sp³-hybridized carbons (Fsp3) is 0.750. The van der Waals surface area contributed by atoms with Gasteiger partial charge in [-0.2, -0.15) is 0 Å². The summed E-state index contributed by atoms with van der Waals surface area (Å²) in [7, 11) is 0. The molecule has 0 unspecified atom stereocenters. The van der Waals surface area contributed by atoms with Crippen molar-refractivity contribution in [3.8, 4) is 0 Å². The maximum absolute atomic E-state index is 3.93. The highest BCUT2D eigenvalue weighted by Gasteiger charge is 2.16. The largest absolute Gasteiger partial charge is 0.0654 e. The number of unbranched alkanes of at least 4 members (excludes halogenated alkanes) is 10. The summed E-state index contributed by atoms with van der Waals surface area (Å²) >= 11 is 7.86. The van der Waals surface area contributed by atoms with Gasteiger partial charge < -0.3 is 0 Å². The van der Waals surface area contributed by atoms with Crippen LogP contribution in [0, 0.1) is 13.8 Å². The summed E-state index contributed by atoms with van der Waals surface area (Å²) in [5.74, 6) is 0. The van der Waals surface area contributed by atoms with Gasteiger partial charge >= 0.3 is 0 Å². The SMILES string of the molecule is CCCCCCCCc1c(C)c(Br)c(CCCCCCCC)c(C)c1Br. The van der Waals surface area contributed by atoms with E-state index in [0.717, 1.165) is 0 Å². The van der Waals surface area contributed by atoms with Crippen LogP contribution in [0.2, 0.25) is 0 Å². The van der Waals surface area contributed by atoms with E-state index in [4.69, 9.17) is 0 Å². The fourth-order valence-corrected chi connectivity index (χ4v) is 5.28. The Morgan fingerprint density at radius 2 is 0.808 bits per heavy atom. The van der Waals surface area contributed by atoms with Crippen LogP contribution in [-0.4, -0.2) is 0 Å². The molecule has 0 aromatic heterocycles. The van der Waals surface area contributed by atoms with E-state index in [0.29, 0.717) is 0 Å². The summed E-state index contributed by atoms with van der Waals surface area (Å²) in [4.78, 5) is 0. The topological polar surface area (TPSA) is 0 Å². The summed E-state index contributed by atoms with van der Waals surface area (Å²) in [6.07, 6.45) is 18.8. The van der Waals surface area contributed by atoms with E-state index in [9.17, 15) is 0 Å². The minimum atomic E-state index is 1.20. The van der Waals surface area contributed by atoms with Gasteiger partial charge in [0.25, 0.3) is 0 Å². The number of hydrogen-bond donors (Lipinski definition) is 0. The molecule has 0 aliphatic carbocycles. The first-order valence-electron chi connectivity index (χ1n) is 11.0. The van der Waals surface area contributed by atoms with E-state index in [1.165, 1.54) is 121 Å². The van der Waals surface area contributed by atoms with Crippen molar-refractivity contribution in [1.82, 2.24) is 0 Å². The van der Waals surface area contributed by atoms with E-state index < -0.39 is 0 Å². The lowest BCUT2D eigenvalue weighted by atomic mass is 9.93. The molecular weight excluding hydrogens is 448 g/mol. The molecule has 1 rings (SSSR count). The van der Waals surface area contributed by atoms with Crippen molar-refractivity contribution in [3.05, 3.63) is 31.2 Å². The zero-order chi connectivity index (χ0) is 19.4. The molecule has 0 amide bonds. The van der Waals surface area contributed by atoms with E-state index in [1.54, 1.807) is 0 Å². The molecule has 0 heterocycles. The van der Waals surface area contributed by atoms with Gasteiger partial charge in [0, 0.05) is 8.95 Å². The van der Waals surface area contributed by atoms with Crippen molar-refractivity contribution in [2.24, 2.45) is 0 Å². The smallest absolute Gasteiger partial charge is 0.0242 e. The second-order valence-corrected chi connectivity index (χ2v) is 9.46. The molecule has 0 atom stereocenters. The Morgan fingerprint density at radius 1 is 0.500 bits per heavy atom. The molecule has 0 aliphatic rings. The highest BCUT2D eigenvalue weighted by molar-refractivity contribution is 9.11. The van der Waals surface area contributed by atoms with Crippen molar-refractivity contribution < 1.29 is 0 Å². The highest BCUT2D eigenvalue weighted by atomic mass is 79.9. The van der Waals surface area contributed by atoms with E-state index in [-0.39, 0.29) is 0 Å². The van der Waals surface area contributed by atoms with Crippen LogP contribution in [-0.2, 0) is 12.8 Å². The Hall–Kier alpha value is 0.180. The molecule has 0 aliphatic heterocycles. The first-order chi connectivity index (χ1) is 12.5. The lowest BCUT2D eigenvalue weighted by Gasteiger charge is -2.19. The van der Waals surface area contributed by atoms with Crippen LogP contribution in [0.15, 0.2) is 8.95 Å². The van der Waals surface area contributed by atoms with Gasteiger partial charge in [0.15, 0.2) is 0 Å². The molecule has 1 aromatic carbocycles. The number of rotatable bonds is 14. The fourth-order valence-electron chi connectivity index (χ4n) is 3.81. The van der Waals surface area contributed by atoms with Crippen molar-refractivity contribution in [2.45, 2.75) is 118 Å². The monoisotopic (exact) mass is 486 g/mol. The van der Waals surface area contributed by atoms with Gasteiger partial charge in [0.05, 0.1) is 0 Å². The average molecular weight is 488 g/mol. The van der Waals surface area contributed by atoms with Crippen LogP contribution in [0.5, 0.6) is 0 Å². The third kappa shape index (κ3) is 8.05. The molecule has 0 N–H and O–H groups in total.